The van der Waals surface area contributed by atoms with Crippen molar-refractivity contribution in [2.24, 2.45) is 0 Å². The lowest BCUT2D eigenvalue weighted by molar-refractivity contribution is -0.139. The molecule has 0 aliphatic carbocycles. The van der Waals surface area contributed by atoms with Gasteiger partial charge in [-0.05, 0) is 6.42 Å². The summed E-state index contributed by atoms with van der Waals surface area (Å²) < 4.78 is 5.23. The van der Waals surface area contributed by atoms with E-state index in [2.05, 4.69) is 17.6 Å². The average molecular weight is 262 g/mol. The van der Waals surface area contributed by atoms with Crippen LogP contribution in [0, 0.1) is 0 Å². The Labute approximate surface area is 107 Å². The van der Waals surface area contributed by atoms with Gasteiger partial charge in [0.2, 0.25) is 0 Å². The van der Waals surface area contributed by atoms with Crippen LogP contribution in [0.2, 0.25) is 0 Å². The van der Waals surface area contributed by atoms with Crippen LogP contribution in [0.3, 0.4) is 0 Å². The molecule has 2 amide bonds. The Morgan fingerprint density at radius 3 is 2.61 bits per heavy atom. The van der Waals surface area contributed by atoms with Gasteiger partial charge in [-0.15, -0.1) is 0 Å². The second-order valence-electron chi connectivity index (χ2n) is 3.77. The summed E-state index contributed by atoms with van der Waals surface area (Å²) in [6, 6.07) is -1.65. The van der Waals surface area contributed by atoms with Crippen LogP contribution in [0.25, 0.3) is 0 Å². The first-order valence-corrected chi connectivity index (χ1v) is 6.07. The molecule has 106 valence electrons. The van der Waals surface area contributed by atoms with Crippen molar-refractivity contribution in [2.75, 3.05) is 26.4 Å². The van der Waals surface area contributed by atoms with Crippen molar-refractivity contribution in [2.45, 2.75) is 32.2 Å². The minimum absolute atomic E-state index is 0.0181. The van der Waals surface area contributed by atoms with Crippen LogP contribution in [0.5, 0.6) is 0 Å². The third-order valence-corrected chi connectivity index (χ3v) is 2.20. The number of amides is 2. The molecular formula is C11H22N2O5. The van der Waals surface area contributed by atoms with Crippen LogP contribution >= 0.6 is 0 Å². The fourth-order valence-electron chi connectivity index (χ4n) is 1.18. The highest BCUT2D eigenvalue weighted by Gasteiger charge is 2.18. The molecule has 7 heteroatoms. The maximum atomic E-state index is 11.3. The second-order valence-corrected chi connectivity index (χ2v) is 3.77. The van der Waals surface area contributed by atoms with Gasteiger partial charge in [-0.2, -0.15) is 0 Å². The molecule has 0 aromatic rings. The number of carbonyl (C=O) groups is 2. The SMILES string of the molecule is CCCCOCCNC(=O)NC(CCO)C(=O)O. The van der Waals surface area contributed by atoms with E-state index in [0.29, 0.717) is 19.8 Å². The van der Waals surface area contributed by atoms with E-state index in [1.165, 1.54) is 0 Å². The zero-order valence-corrected chi connectivity index (χ0v) is 10.6. The summed E-state index contributed by atoms with van der Waals surface area (Å²) in [5, 5.41) is 22.1. The number of unbranched alkanes of at least 4 members (excludes halogenated alkanes) is 1. The Kier molecular flexibility index (Phi) is 9.99. The van der Waals surface area contributed by atoms with E-state index in [-0.39, 0.29) is 13.0 Å². The lowest BCUT2D eigenvalue weighted by Crippen LogP contribution is -2.47. The molecule has 0 bridgehead atoms. The Morgan fingerprint density at radius 1 is 1.33 bits per heavy atom. The summed E-state index contributed by atoms with van der Waals surface area (Å²) in [5.41, 5.74) is 0. The van der Waals surface area contributed by atoms with Crippen molar-refractivity contribution in [1.82, 2.24) is 10.6 Å². The van der Waals surface area contributed by atoms with Crippen molar-refractivity contribution in [3.63, 3.8) is 0 Å². The van der Waals surface area contributed by atoms with E-state index < -0.39 is 18.0 Å². The van der Waals surface area contributed by atoms with E-state index in [0.717, 1.165) is 12.8 Å². The smallest absolute Gasteiger partial charge is 0.326 e. The Hall–Kier alpha value is -1.34. The van der Waals surface area contributed by atoms with Crippen molar-refractivity contribution < 1.29 is 24.5 Å². The minimum Gasteiger partial charge on any atom is -0.480 e. The standard InChI is InChI=1S/C11H22N2O5/c1-2-3-7-18-8-5-12-11(17)13-9(4-6-14)10(15)16/h9,14H,2-8H2,1H3,(H,15,16)(H2,12,13,17). The van der Waals surface area contributed by atoms with E-state index >= 15 is 0 Å². The van der Waals surface area contributed by atoms with Crippen LogP contribution in [0.15, 0.2) is 0 Å². The molecule has 0 heterocycles. The number of nitrogens with one attached hydrogen (secondary N) is 2. The van der Waals surface area contributed by atoms with E-state index in [1.54, 1.807) is 0 Å². The molecule has 0 radical (unpaired) electrons. The summed E-state index contributed by atoms with van der Waals surface area (Å²) in [6.45, 7) is 3.13. The number of aliphatic hydroxyl groups is 1. The maximum Gasteiger partial charge on any atom is 0.326 e. The van der Waals surface area contributed by atoms with Gasteiger partial charge >= 0.3 is 12.0 Å². The molecule has 0 aromatic carbocycles. The Morgan fingerprint density at radius 2 is 2.06 bits per heavy atom. The quantitative estimate of drug-likeness (QED) is 0.412. The van der Waals surface area contributed by atoms with Gasteiger partial charge in [0.05, 0.1) is 6.61 Å². The van der Waals surface area contributed by atoms with Gasteiger partial charge in [0, 0.05) is 26.2 Å². The topological polar surface area (TPSA) is 108 Å². The summed E-state index contributed by atoms with van der Waals surface area (Å²) >= 11 is 0. The first-order chi connectivity index (χ1) is 8.61. The minimum atomic E-state index is -1.17. The highest BCUT2D eigenvalue weighted by Crippen LogP contribution is 1.91. The molecule has 0 saturated carbocycles. The molecule has 1 unspecified atom stereocenters. The van der Waals surface area contributed by atoms with Crippen LogP contribution in [-0.2, 0) is 9.53 Å². The number of carbonyl (C=O) groups excluding carboxylic acids is 1. The summed E-state index contributed by atoms with van der Waals surface area (Å²) in [4.78, 5) is 22.0. The first kappa shape index (κ1) is 16.7. The third kappa shape index (κ3) is 8.77. The fraction of sp³-hybridized carbons (Fsp3) is 0.818. The average Bonchev–Trinajstić information content (AvgIpc) is 2.33. The van der Waals surface area contributed by atoms with Gasteiger partial charge in [0.25, 0.3) is 0 Å². The number of rotatable bonds is 10. The van der Waals surface area contributed by atoms with Gasteiger partial charge in [-0.1, -0.05) is 13.3 Å². The summed E-state index contributed by atoms with van der Waals surface area (Å²) in [5.74, 6) is -1.17. The number of carboxylic acid groups (broad SMARTS) is 1. The third-order valence-electron chi connectivity index (χ3n) is 2.20. The predicted octanol–water partition coefficient (Wildman–Crippen LogP) is -0.0621. The lowest BCUT2D eigenvalue weighted by Gasteiger charge is -2.13. The van der Waals surface area contributed by atoms with Crippen LogP contribution < -0.4 is 10.6 Å². The number of hydrogen-bond acceptors (Lipinski definition) is 4. The molecule has 0 aliphatic rings. The van der Waals surface area contributed by atoms with Crippen molar-refractivity contribution in [3.8, 4) is 0 Å². The Bertz CT molecular complexity index is 248. The van der Waals surface area contributed by atoms with E-state index in [1.807, 2.05) is 0 Å². The number of aliphatic hydroxyl groups excluding tert-OH is 1. The zero-order chi connectivity index (χ0) is 13.8. The number of urea groups is 1. The number of hydrogen-bond donors (Lipinski definition) is 4. The van der Waals surface area contributed by atoms with E-state index in [9.17, 15) is 9.59 Å². The molecule has 7 nitrogen and oxygen atoms in total. The highest BCUT2D eigenvalue weighted by atomic mass is 16.5. The van der Waals surface area contributed by atoms with Crippen LogP contribution in [0.4, 0.5) is 4.79 Å². The molecule has 0 fully saturated rings. The Balaban J connectivity index is 3.65. The number of ether oxygens (including phenoxy) is 1. The van der Waals surface area contributed by atoms with Crippen LogP contribution in [-0.4, -0.2) is 54.6 Å². The monoisotopic (exact) mass is 262 g/mol. The molecule has 0 aliphatic heterocycles. The molecule has 0 spiro atoms. The summed E-state index contributed by atoms with van der Waals surface area (Å²) in [6.07, 6.45) is 2.01. The lowest BCUT2D eigenvalue weighted by atomic mass is 10.2. The maximum absolute atomic E-state index is 11.3. The largest absolute Gasteiger partial charge is 0.480 e. The van der Waals surface area contributed by atoms with E-state index in [4.69, 9.17) is 14.9 Å². The number of carboxylic acids is 1. The summed E-state index contributed by atoms with van der Waals surface area (Å²) in [7, 11) is 0. The fourth-order valence-corrected chi connectivity index (χ4v) is 1.18. The van der Waals surface area contributed by atoms with Gasteiger partial charge < -0.3 is 25.6 Å². The van der Waals surface area contributed by atoms with Crippen molar-refractivity contribution in [3.05, 3.63) is 0 Å². The van der Waals surface area contributed by atoms with Gasteiger partial charge in [-0.25, -0.2) is 9.59 Å². The van der Waals surface area contributed by atoms with Gasteiger partial charge in [-0.3, -0.25) is 0 Å². The molecular weight excluding hydrogens is 240 g/mol. The van der Waals surface area contributed by atoms with Gasteiger partial charge in [0.15, 0.2) is 0 Å². The molecule has 0 rings (SSSR count). The highest BCUT2D eigenvalue weighted by molar-refractivity contribution is 5.82. The van der Waals surface area contributed by atoms with Crippen molar-refractivity contribution in [1.29, 1.82) is 0 Å². The second kappa shape index (κ2) is 10.8. The van der Waals surface area contributed by atoms with Crippen molar-refractivity contribution >= 4 is 12.0 Å². The molecule has 4 N–H and O–H groups in total. The predicted molar refractivity (Wildman–Crippen MR) is 65.4 cm³/mol. The molecule has 18 heavy (non-hydrogen) atoms. The first-order valence-electron chi connectivity index (χ1n) is 6.07. The normalized spacial score (nSPS) is 11.9. The van der Waals surface area contributed by atoms with Gasteiger partial charge in [0.1, 0.15) is 6.04 Å². The van der Waals surface area contributed by atoms with Crippen LogP contribution in [0.1, 0.15) is 26.2 Å². The zero-order valence-electron chi connectivity index (χ0n) is 10.6. The molecule has 0 saturated heterocycles. The number of aliphatic carboxylic acids is 1. The molecule has 1 atom stereocenters. The molecule has 0 aromatic heterocycles.